The number of aliphatic hydroxyl groups excluding tert-OH is 1. The van der Waals surface area contributed by atoms with Crippen LogP contribution < -0.4 is 5.32 Å². The zero-order valence-corrected chi connectivity index (χ0v) is 14.7. The van der Waals surface area contributed by atoms with Gasteiger partial charge in [0.05, 0.1) is 18.2 Å². The van der Waals surface area contributed by atoms with Crippen LogP contribution in [-0.4, -0.2) is 71.6 Å². The molecular formula is C18H31N3O3. The summed E-state index contributed by atoms with van der Waals surface area (Å²) in [5, 5.41) is 12.6. The maximum Gasteiger partial charge on any atom is 0.240 e. The van der Waals surface area contributed by atoms with E-state index in [4.69, 9.17) is 0 Å². The molecule has 0 bridgehead atoms. The Labute approximate surface area is 144 Å². The number of likely N-dealkylation sites (tertiary alicyclic amines) is 2. The highest BCUT2D eigenvalue weighted by Crippen LogP contribution is 2.33. The Balaban J connectivity index is 1.75. The highest BCUT2D eigenvalue weighted by atomic mass is 16.3. The molecule has 24 heavy (non-hydrogen) atoms. The maximum absolute atomic E-state index is 12.9. The van der Waals surface area contributed by atoms with Gasteiger partial charge >= 0.3 is 0 Å². The van der Waals surface area contributed by atoms with Crippen LogP contribution in [-0.2, 0) is 9.59 Å². The van der Waals surface area contributed by atoms with E-state index >= 15 is 0 Å². The number of rotatable bonds is 4. The van der Waals surface area contributed by atoms with Crippen molar-refractivity contribution in [2.45, 2.75) is 69.6 Å². The second kappa shape index (κ2) is 7.83. The summed E-state index contributed by atoms with van der Waals surface area (Å²) >= 11 is 0. The summed E-state index contributed by atoms with van der Waals surface area (Å²) < 4.78 is 0. The van der Waals surface area contributed by atoms with Crippen LogP contribution in [0.5, 0.6) is 0 Å². The Hall–Kier alpha value is -1.14. The first-order valence-electron chi connectivity index (χ1n) is 9.56. The minimum atomic E-state index is -0.392. The summed E-state index contributed by atoms with van der Waals surface area (Å²) in [6.45, 7) is 1.90. The van der Waals surface area contributed by atoms with Gasteiger partial charge in [0.15, 0.2) is 0 Å². The largest absolute Gasteiger partial charge is 0.391 e. The van der Waals surface area contributed by atoms with Gasteiger partial charge in [0.25, 0.3) is 0 Å². The van der Waals surface area contributed by atoms with Gasteiger partial charge in [-0.25, -0.2) is 0 Å². The number of hydrogen-bond donors (Lipinski definition) is 2. The third kappa shape index (κ3) is 3.59. The van der Waals surface area contributed by atoms with E-state index in [-0.39, 0.29) is 23.9 Å². The Kier molecular flexibility index (Phi) is 5.76. The first-order chi connectivity index (χ1) is 11.6. The Morgan fingerprint density at radius 3 is 2.42 bits per heavy atom. The molecule has 6 nitrogen and oxygen atoms in total. The van der Waals surface area contributed by atoms with Crippen LogP contribution in [0.3, 0.4) is 0 Å². The quantitative estimate of drug-likeness (QED) is 0.794. The van der Waals surface area contributed by atoms with Crippen molar-refractivity contribution in [3.8, 4) is 0 Å². The highest BCUT2D eigenvalue weighted by Gasteiger charge is 2.44. The lowest BCUT2D eigenvalue weighted by molar-refractivity contribution is -0.139. The number of carbonyl (C=O) groups is 2. The molecule has 3 atom stereocenters. The van der Waals surface area contributed by atoms with E-state index in [0.717, 1.165) is 32.2 Å². The normalized spacial score (nSPS) is 30.5. The van der Waals surface area contributed by atoms with E-state index < -0.39 is 6.10 Å². The van der Waals surface area contributed by atoms with Gasteiger partial charge in [-0.15, -0.1) is 0 Å². The van der Waals surface area contributed by atoms with Crippen molar-refractivity contribution >= 4 is 11.8 Å². The van der Waals surface area contributed by atoms with Crippen molar-refractivity contribution in [2.75, 3.05) is 26.7 Å². The molecule has 2 amide bonds. The zero-order valence-electron chi connectivity index (χ0n) is 14.7. The molecule has 1 saturated carbocycles. The number of nitrogens with zero attached hydrogens (tertiary/aromatic N) is 2. The maximum atomic E-state index is 12.9. The summed E-state index contributed by atoms with van der Waals surface area (Å²) in [5.74, 6) is 0.521. The summed E-state index contributed by atoms with van der Waals surface area (Å²) in [6, 6.07) is -0.376. The molecule has 1 aliphatic carbocycles. The summed E-state index contributed by atoms with van der Waals surface area (Å²) in [7, 11) is 1.70. The number of nitrogens with one attached hydrogen (secondary N) is 1. The molecule has 3 fully saturated rings. The topological polar surface area (TPSA) is 72.9 Å². The first-order valence-corrected chi connectivity index (χ1v) is 9.56. The standard InChI is InChI=1S/C18H31N3O3/c1-19-17(23)16(13-6-3-2-4-7-13)21-10-5-8-15(21)18(24)20-11-9-14(22)12-20/h13-16,22H,2-12H2,1H3,(H,19,23)/t14-,15+,16-/m1/s1. The van der Waals surface area contributed by atoms with E-state index in [2.05, 4.69) is 10.2 Å². The fraction of sp³-hybridized carbons (Fsp3) is 0.889. The van der Waals surface area contributed by atoms with E-state index in [1.165, 1.54) is 19.3 Å². The van der Waals surface area contributed by atoms with Crippen molar-refractivity contribution in [1.29, 1.82) is 0 Å². The van der Waals surface area contributed by atoms with Crippen molar-refractivity contribution in [3.05, 3.63) is 0 Å². The highest BCUT2D eigenvalue weighted by molar-refractivity contribution is 5.86. The van der Waals surface area contributed by atoms with Crippen molar-refractivity contribution < 1.29 is 14.7 Å². The number of aliphatic hydroxyl groups is 1. The molecule has 2 heterocycles. The molecule has 0 radical (unpaired) electrons. The van der Waals surface area contributed by atoms with Crippen molar-refractivity contribution in [3.63, 3.8) is 0 Å². The van der Waals surface area contributed by atoms with Gasteiger partial charge in [0.2, 0.25) is 11.8 Å². The predicted octanol–water partition coefficient (Wildman–Crippen LogP) is 0.739. The number of likely N-dealkylation sites (N-methyl/N-ethyl adjacent to an activating group) is 1. The molecule has 2 aliphatic heterocycles. The molecule has 0 unspecified atom stereocenters. The van der Waals surface area contributed by atoms with E-state index in [0.29, 0.717) is 25.4 Å². The fourth-order valence-corrected chi connectivity index (χ4v) is 4.77. The molecule has 2 N–H and O–H groups in total. The zero-order chi connectivity index (χ0) is 17.1. The number of amides is 2. The van der Waals surface area contributed by atoms with Gasteiger partial charge in [-0.1, -0.05) is 19.3 Å². The van der Waals surface area contributed by atoms with Gasteiger partial charge in [-0.2, -0.15) is 0 Å². The van der Waals surface area contributed by atoms with Crippen LogP contribution in [0.4, 0.5) is 0 Å². The number of hydrogen-bond acceptors (Lipinski definition) is 4. The molecule has 0 spiro atoms. The van der Waals surface area contributed by atoms with Gasteiger partial charge in [0, 0.05) is 20.1 Å². The van der Waals surface area contributed by atoms with Gasteiger partial charge in [-0.05, 0) is 44.6 Å². The lowest BCUT2D eigenvalue weighted by atomic mass is 9.82. The SMILES string of the molecule is CNC(=O)[C@@H](C1CCCCC1)N1CCC[C@H]1C(=O)N1CC[C@@H](O)C1. The Bertz CT molecular complexity index is 464. The molecule has 0 aromatic carbocycles. The predicted molar refractivity (Wildman–Crippen MR) is 91.4 cm³/mol. The van der Waals surface area contributed by atoms with E-state index in [1.54, 1.807) is 11.9 Å². The molecule has 3 rings (SSSR count). The van der Waals surface area contributed by atoms with Gasteiger partial charge in [0.1, 0.15) is 0 Å². The average molecular weight is 337 g/mol. The molecular weight excluding hydrogens is 306 g/mol. The summed E-state index contributed by atoms with van der Waals surface area (Å²) in [5.41, 5.74) is 0. The number of carbonyl (C=O) groups excluding carboxylic acids is 2. The van der Waals surface area contributed by atoms with E-state index in [9.17, 15) is 14.7 Å². The van der Waals surface area contributed by atoms with Crippen LogP contribution in [0.2, 0.25) is 0 Å². The van der Waals surface area contributed by atoms with Crippen LogP contribution in [0.1, 0.15) is 51.4 Å². The van der Waals surface area contributed by atoms with E-state index in [1.807, 2.05) is 0 Å². The summed E-state index contributed by atoms with van der Waals surface area (Å²) in [6.07, 6.45) is 7.85. The van der Waals surface area contributed by atoms with Gasteiger partial charge in [-0.3, -0.25) is 14.5 Å². The molecule has 0 aromatic heterocycles. The first kappa shape index (κ1) is 17.7. The third-order valence-electron chi connectivity index (χ3n) is 6.02. The molecule has 3 aliphatic rings. The lowest BCUT2D eigenvalue weighted by Gasteiger charge is -2.38. The molecule has 6 heteroatoms. The monoisotopic (exact) mass is 337 g/mol. The van der Waals surface area contributed by atoms with Crippen LogP contribution >= 0.6 is 0 Å². The lowest BCUT2D eigenvalue weighted by Crippen LogP contribution is -2.56. The van der Waals surface area contributed by atoms with Crippen LogP contribution in [0.15, 0.2) is 0 Å². The van der Waals surface area contributed by atoms with Gasteiger partial charge < -0.3 is 15.3 Å². The Morgan fingerprint density at radius 1 is 1.04 bits per heavy atom. The Morgan fingerprint density at radius 2 is 1.79 bits per heavy atom. The number of β-amino-alcohol motifs (C(OH)–C–C–N with tert-alkyl or cyclic N) is 1. The summed E-state index contributed by atoms with van der Waals surface area (Å²) in [4.78, 5) is 29.5. The van der Waals surface area contributed by atoms with Crippen LogP contribution in [0, 0.1) is 5.92 Å². The second-order valence-corrected chi connectivity index (χ2v) is 7.58. The average Bonchev–Trinajstić information content (AvgIpc) is 3.24. The van der Waals surface area contributed by atoms with Crippen molar-refractivity contribution in [1.82, 2.24) is 15.1 Å². The third-order valence-corrected chi connectivity index (χ3v) is 6.02. The molecule has 2 saturated heterocycles. The smallest absolute Gasteiger partial charge is 0.240 e. The fourth-order valence-electron chi connectivity index (χ4n) is 4.77. The van der Waals surface area contributed by atoms with Crippen LogP contribution in [0.25, 0.3) is 0 Å². The minimum Gasteiger partial charge on any atom is -0.391 e. The second-order valence-electron chi connectivity index (χ2n) is 7.58. The molecule has 0 aromatic rings. The minimum absolute atomic E-state index is 0.0584. The molecule has 136 valence electrons. The van der Waals surface area contributed by atoms with Crippen molar-refractivity contribution in [2.24, 2.45) is 5.92 Å².